The first-order chi connectivity index (χ1) is 5.35. The molecule has 4 nitrogen and oxygen atoms in total. The molecule has 0 saturated carbocycles. The maximum atomic E-state index is 10.6. The first-order valence-corrected chi connectivity index (χ1v) is 5.40. The quantitative estimate of drug-likeness (QED) is 0.659. The van der Waals surface area contributed by atoms with Crippen LogP contribution in [0.4, 0.5) is 0 Å². The number of carbonyl (C=O) groups excluding carboxylic acids is 1. The average Bonchev–Trinajstić information content (AvgIpc) is 1.82. The van der Waals surface area contributed by atoms with Gasteiger partial charge in [0.1, 0.15) is 5.78 Å². The van der Waals surface area contributed by atoms with Gasteiger partial charge in [0, 0.05) is 6.42 Å². The molecule has 0 amide bonds. The molecule has 1 atom stereocenters. The van der Waals surface area contributed by atoms with E-state index in [2.05, 4.69) is 0 Å². The second kappa shape index (κ2) is 4.57. The highest BCUT2D eigenvalue weighted by Crippen LogP contribution is 2.10. The molecule has 12 heavy (non-hydrogen) atoms. The Morgan fingerprint density at radius 2 is 2.00 bits per heavy atom. The summed E-state index contributed by atoms with van der Waals surface area (Å²) in [6, 6.07) is 0. The summed E-state index contributed by atoms with van der Waals surface area (Å²) in [5.41, 5.74) is 0. The molecule has 1 unspecified atom stereocenters. The second-order valence-corrected chi connectivity index (χ2v) is 4.43. The van der Waals surface area contributed by atoms with E-state index in [1.54, 1.807) is 6.92 Å². The molecule has 0 aromatic rings. The fourth-order valence-corrected chi connectivity index (χ4v) is 1.97. The summed E-state index contributed by atoms with van der Waals surface area (Å²) in [4.78, 5) is 10.6. The molecule has 0 aliphatic carbocycles. The van der Waals surface area contributed by atoms with Gasteiger partial charge >= 0.3 is 0 Å². The maximum Gasteiger partial charge on any atom is 0.265 e. The van der Waals surface area contributed by atoms with Crippen molar-refractivity contribution < 1.29 is 17.8 Å². The summed E-state index contributed by atoms with van der Waals surface area (Å²) in [6.07, 6.45) is 0.801. The molecule has 0 heterocycles. The lowest BCUT2D eigenvalue weighted by Crippen LogP contribution is -2.17. The van der Waals surface area contributed by atoms with Crippen molar-refractivity contribution in [2.75, 3.05) is 5.75 Å². The molecule has 5 heteroatoms. The van der Waals surface area contributed by atoms with E-state index in [-0.39, 0.29) is 23.9 Å². The van der Waals surface area contributed by atoms with Gasteiger partial charge in [-0.25, -0.2) is 0 Å². The maximum absolute atomic E-state index is 10.6. The summed E-state index contributed by atoms with van der Waals surface area (Å²) >= 11 is 0. The van der Waals surface area contributed by atoms with Gasteiger partial charge < -0.3 is 4.79 Å². The Kier molecular flexibility index (Phi) is 4.41. The topological polar surface area (TPSA) is 71.4 Å². The van der Waals surface area contributed by atoms with Crippen LogP contribution in [0.5, 0.6) is 0 Å². The lowest BCUT2D eigenvalue weighted by atomic mass is 10.0. The number of Topliss-reactive ketones (excluding diaryl/α,β-unsaturated/α-hetero) is 1. The zero-order valence-electron chi connectivity index (χ0n) is 7.28. The Balaban J connectivity index is 4.10. The van der Waals surface area contributed by atoms with Crippen molar-refractivity contribution in [1.82, 2.24) is 0 Å². The summed E-state index contributed by atoms with van der Waals surface area (Å²) in [5.74, 6) is -0.619. The van der Waals surface area contributed by atoms with Crippen molar-refractivity contribution in [2.24, 2.45) is 5.92 Å². The van der Waals surface area contributed by atoms with Crippen molar-refractivity contribution in [3.8, 4) is 0 Å². The van der Waals surface area contributed by atoms with Gasteiger partial charge in [-0.3, -0.25) is 4.55 Å². The molecule has 0 aromatic heterocycles. The van der Waals surface area contributed by atoms with Crippen LogP contribution in [0.15, 0.2) is 0 Å². The van der Waals surface area contributed by atoms with E-state index in [0.717, 1.165) is 0 Å². The highest BCUT2D eigenvalue weighted by Gasteiger charge is 2.16. The molecular weight excluding hydrogens is 180 g/mol. The Morgan fingerprint density at radius 1 is 1.50 bits per heavy atom. The van der Waals surface area contributed by atoms with E-state index >= 15 is 0 Å². The minimum atomic E-state index is -3.93. The van der Waals surface area contributed by atoms with Crippen LogP contribution in [0.2, 0.25) is 0 Å². The predicted molar refractivity (Wildman–Crippen MR) is 45.5 cm³/mol. The first kappa shape index (κ1) is 11.6. The van der Waals surface area contributed by atoms with Crippen molar-refractivity contribution in [2.45, 2.75) is 26.7 Å². The van der Waals surface area contributed by atoms with Gasteiger partial charge in [0.25, 0.3) is 10.1 Å². The van der Waals surface area contributed by atoms with E-state index in [9.17, 15) is 13.2 Å². The van der Waals surface area contributed by atoms with Crippen LogP contribution in [0, 0.1) is 5.92 Å². The largest absolute Gasteiger partial charge is 0.300 e. The SMILES string of the molecule is CCC(CC(C)=O)CS(=O)(=O)O. The van der Waals surface area contributed by atoms with Crippen molar-refractivity contribution >= 4 is 15.9 Å². The van der Waals surface area contributed by atoms with E-state index < -0.39 is 10.1 Å². The molecule has 0 fully saturated rings. The third kappa shape index (κ3) is 6.30. The lowest BCUT2D eigenvalue weighted by molar-refractivity contribution is -0.117. The van der Waals surface area contributed by atoms with E-state index in [0.29, 0.717) is 6.42 Å². The summed E-state index contributed by atoms with van der Waals surface area (Å²) in [5, 5.41) is 0. The van der Waals surface area contributed by atoms with Gasteiger partial charge in [-0.1, -0.05) is 13.3 Å². The molecular formula is C7H14O4S. The predicted octanol–water partition coefficient (Wildman–Crippen LogP) is 0.879. The zero-order valence-corrected chi connectivity index (χ0v) is 8.10. The van der Waals surface area contributed by atoms with Gasteiger partial charge in [0.2, 0.25) is 0 Å². The summed E-state index contributed by atoms with van der Waals surface area (Å²) < 4.78 is 29.3. The molecule has 0 spiro atoms. The van der Waals surface area contributed by atoms with Gasteiger partial charge in [-0.2, -0.15) is 8.42 Å². The molecule has 72 valence electrons. The van der Waals surface area contributed by atoms with Crippen molar-refractivity contribution in [3.05, 3.63) is 0 Å². The molecule has 0 aliphatic heterocycles. The Morgan fingerprint density at radius 3 is 2.25 bits per heavy atom. The molecule has 0 aromatic carbocycles. The third-order valence-corrected chi connectivity index (χ3v) is 2.49. The second-order valence-electron chi connectivity index (χ2n) is 2.93. The molecule has 1 N–H and O–H groups in total. The number of hydrogen-bond donors (Lipinski definition) is 1. The minimum absolute atomic E-state index is 0.0505. The van der Waals surface area contributed by atoms with Crippen LogP contribution in [0.1, 0.15) is 26.7 Å². The van der Waals surface area contributed by atoms with Crippen LogP contribution < -0.4 is 0 Å². The smallest absolute Gasteiger partial charge is 0.265 e. The monoisotopic (exact) mass is 194 g/mol. The minimum Gasteiger partial charge on any atom is -0.300 e. The van der Waals surface area contributed by atoms with Crippen LogP contribution >= 0.6 is 0 Å². The highest BCUT2D eigenvalue weighted by atomic mass is 32.2. The van der Waals surface area contributed by atoms with Crippen LogP contribution in [0.3, 0.4) is 0 Å². The van der Waals surface area contributed by atoms with Crippen LogP contribution in [-0.2, 0) is 14.9 Å². The fourth-order valence-electron chi connectivity index (χ4n) is 1.03. The third-order valence-electron chi connectivity index (χ3n) is 1.60. The first-order valence-electron chi connectivity index (χ1n) is 3.79. The fraction of sp³-hybridized carbons (Fsp3) is 0.857. The highest BCUT2D eigenvalue weighted by molar-refractivity contribution is 7.85. The van der Waals surface area contributed by atoms with E-state index in [1.807, 2.05) is 0 Å². The van der Waals surface area contributed by atoms with Crippen molar-refractivity contribution in [3.63, 3.8) is 0 Å². The van der Waals surface area contributed by atoms with Gasteiger partial charge in [-0.15, -0.1) is 0 Å². The normalized spacial score (nSPS) is 14.2. The van der Waals surface area contributed by atoms with Gasteiger partial charge in [0.05, 0.1) is 5.75 Å². The van der Waals surface area contributed by atoms with E-state index in [4.69, 9.17) is 4.55 Å². The Bertz CT molecular complexity index is 242. The summed E-state index contributed by atoms with van der Waals surface area (Å²) in [6.45, 7) is 3.20. The zero-order chi connectivity index (χ0) is 9.78. The van der Waals surface area contributed by atoms with Gasteiger partial charge in [-0.05, 0) is 12.8 Å². The van der Waals surface area contributed by atoms with Crippen molar-refractivity contribution in [1.29, 1.82) is 0 Å². The van der Waals surface area contributed by atoms with E-state index in [1.165, 1.54) is 6.92 Å². The number of hydrogen-bond acceptors (Lipinski definition) is 3. The average molecular weight is 194 g/mol. The molecule has 0 radical (unpaired) electrons. The number of carbonyl (C=O) groups is 1. The standard InChI is InChI=1S/C7H14O4S/c1-3-7(4-6(2)8)5-12(9,10)11/h7H,3-5H2,1-2H3,(H,9,10,11). The molecule has 0 saturated heterocycles. The Labute approximate surface area is 72.7 Å². The molecule has 0 bridgehead atoms. The molecule has 0 aliphatic rings. The lowest BCUT2D eigenvalue weighted by Gasteiger charge is -2.09. The van der Waals surface area contributed by atoms with Crippen LogP contribution in [-0.4, -0.2) is 24.5 Å². The Hall–Kier alpha value is -0.420. The van der Waals surface area contributed by atoms with Gasteiger partial charge in [0.15, 0.2) is 0 Å². The summed E-state index contributed by atoms with van der Waals surface area (Å²) in [7, 11) is -3.93. The number of rotatable bonds is 5. The van der Waals surface area contributed by atoms with Crippen LogP contribution in [0.25, 0.3) is 0 Å². The molecule has 0 rings (SSSR count). The number of ketones is 1.